The summed E-state index contributed by atoms with van der Waals surface area (Å²) < 4.78 is 6.74. The van der Waals surface area contributed by atoms with E-state index in [-0.39, 0.29) is 0 Å². The average Bonchev–Trinajstić information content (AvgIpc) is 2.44. The van der Waals surface area contributed by atoms with Crippen molar-refractivity contribution in [3.05, 3.63) is 64.1 Å². The highest BCUT2D eigenvalue weighted by molar-refractivity contribution is 9.10. The second kappa shape index (κ2) is 7.46. The first-order chi connectivity index (χ1) is 9.65. The van der Waals surface area contributed by atoms with Crippen molar-refractivity contribution in [1.82, 2.24) is 5.32 Å². The fraction of sp³-hybridized carbons (Fsp3) is 0.294. The molecular weight excluding hydrogens is 314 g/mol. The van der Waals surface area contributed by atoms with E-state index in [2.05, 4.69) is 59.4 Å². The maximum Gasteiger partial charge on any atom is 0.120 e. The van der Waals surface area contributed by atoms with Gasteiger partial charge in [-0.2, -0.15) is 0 Å². The van der Waals surface area contributed by atoms with Crippen molar-refractivity contribution < 1.29 is 4.74 Å². The molecule has 3 heteroatoms. The number of aryl methyl sites for hydroxylation is 1. The Morgan fingerprint density at radius 3 is 2.60 bits per heavy atom. The van der Waals surface area contributed by atoms with Gasteiger partial charge < -0.3 is 10.1 Å². The van der Waals surface area contributed by atoms with E-state index in [1.54, 1.807) is 0 Å². The summed E-state index contributed by atoms with van der Waals surface area (Å²) in [6.07, 6.45) is 0. The molecule has 0 aliphatic rings. The van der Waals surface area contributed by atoms with E-state index in [1.807, 2.05) is 24.3 Å². The lowest BCUT2D eigenvalue weighted by Gasteiger charge is -2.15. The highest BCUT2D eigenvalue weighted by atomic mass is 79.9. The molecule has 0 fully saturated rings. The smallest absolute Gasteiger partial charge is 0.120 e. The molecule has 0 heterocycles. The average molecular weight is 334 g/mol. The van der Waals surface area contributed by atoms with Crippen LogP contribution >= 0.6 is 15.9 Å². The Labute approximate surface area is 129 Å². The molecule has 0 bridgehead atoms. The van der Waals surface area contributed by atoms with E-state index in [9.17, 15) is 0 Å². The van der Waals surface area contributed by atoms with Crippen LogP contribution in [0.3, 0.4) is 0 Å². The van der Waals surface area contributed by atoms with Crippen LogP contribution in [-0.2, 0) is 0 Å². The van der Waals surface area contributed by atoms with Crippen LogP contribution in [0.4, 0.5) is 0 Å². The molecule has 2 nitrogen and oxygen atoms in total. The largest absolute Gasteiger partial charge is 0.492 e. The van der Waals surface area contributed by atoms with Crippen molar-refractivity contribution in [2.45, 2.75) is 19.9 Å². The van der Waals surface area contributed by atoms with Crippen molar-refractivity contribution in [2.24, 2.45) is 0 Å². The zero-order valence-corrected chi connectivity index (χ0v) is 13.5. The molecule has 2 aromatic carbocycles. The van der Waals surface area contributed by atoms with Gasteiger partial charge in [0.05, 0.1) is 0 Å². The number of benzene rings is 2. The third-order valence-electron chi connectivity index (χ3n) is 3.19. The van der Waals surface area contributed by atoms with E-state index in [0.29, 0.717) is 12.6 Å². The topological polar surface area (TPSA) is 21.3 Å². The fourth-order valence-electron chi connectivity index (χ4n) is 1.97. The number of hydrogen-bond acceptors (Lipinski definition) is 2. The van der Waals surface area contributed by atoms with Gasteiger partial charge in [-0.1, -0.05) is 51.8 Å². The van der Waals surface area contributed by atoms with Crippen molar-refractivity contribution in [3.63, 3.8) is 0 Å². The summed E-state index contributed by atoms with van der Waals surface area (Å²) >= 11 is 3.44. The standard InChI is InChI=1S/C17H20BrNO/c1-13-6-8-15(9-7-13)14(2)19-10-11-20-17-5-3-4-16(18)12-17/h3-9,12,14,19H,10-11H2,1-2H3. The van der Waals surface area contributed by atoms with Gasteiger partial charge in [0.15, 0.2) is 0 Å². The van der Waals surface area contributed by atoms with E-state index >= 15 is 0 Å². The Bertz CT molecular complexity index is 539. The second-order valence-corrected chi connectivity index (χ2v) is 5.81. The summed E-state index contributed by atoms with van der Waals surface area (Å²) in [6.45, 7) is 5.76. The van der Waals surface area contributed by atoms with Gasteiger partial charge in [-0.05, 0) is 37.6 Å². The van der Waals surface area contributed by atoms with Crippen LogP contribution < -0.4 is 10.1 Å². The molecule has 1 atom stereocenters. The molecule has 2 aromatic rings. The molecule has 2 rings (SSSR count). The lowest BCUT2D eigenvalue weighted by atomic mass is 10.1. The minimum Gasteiger partial charge on any atom is -0.492 e. The minimum atomic E-state index is 0.335. The van der Waals surface area contributed by atoms with Gasteiger partial charge in [-0.3, -0.25) is 0 Å². The van der Waals surface area contributed by atoms with Crippen LogP contribution in [0.5, 0.6) is 5.75 Å². The molecule has 0 amide bonds. The summed E-state index contributed by atoms with van der Waals surface area (Å²) in [5, 5.41) is 3.47. The Morgan fingerprint density at radius 1 is 1.15 bits per heavy atom. The predicted molar refractivity (Wildman–Crippen MR) is 87.2 cm³/mol. The van der Waals surface area contributed by atoms with Gasteiger partial charge in [0, 0.05) is 17.1 Å². The summed E-state index contributed by atoms with van der Waals surface area (Å²) in [4.78, 5) is 0. The third-order valence-corrected chi connectivity index (χ3v) is 3.69. The molecular formula is C17H20BrNO. The van der Waals surface area contributed by atoms with Gasteiger partial charge in [0.2, 0.25) is 0 Å². The first kappa shape index (κ1) is 15.1. The van der Waals surface area contributed by atoms with Crippen LogP contribution in [-0.4, -0.2) is 13.2 Å². The molecule has 106 valence electrons. The van der Waals surface area contributed by atoms with Crippen molar-refractivity contribution in [3.8, 4) is 5.75 Å². The molecule has 0 aromatic heterocycles. The number of hydrogen-bond donors (Lipinski definition) is 1. The van der Waals surface area contributed by atoms with Crippen LogP contribution in [0.1, 0.15) is 24.1 Å². The molecule has 20 heavy (non-hydrogen) atoms. The summed E-state index contributed by atoms with van der Waals surface area (Å²) in [6, 6.07) is 16.9. The number of halogens is 1. The maximum absolute atomic E-state index is 5.70. The molecule has 1 N–H and O–H groups in total. The van der Waals surface area contributed by atoms with Gasteiger partial charge in [-0.15, -0.1) is 0 Å². The number of nitrogens with one attached hydrogen (secondary N) is 1. The predicted octanol–water partition coefficient (Wildman–Crippen LogP) is 4.49. The Balaban J connectivity index is 1.74. The van der Waals surface area contributed by atoms with Crippen molar-refractivity contribution in [1.29, 1.82) is 0 Å². The molecule has 1 unspecified atom stereocenters. The monoisotopic (exact) mass is 333 g/mol. The Kier molecular flexibility index (Phi) is 5.62. The van der Waals surface area contributed by atoms with Crippen LogP contribution in [0.15, 0.2) is 53.0 Å². The molecule has 0 spiro atoms. The molecule has 0 saturated heterocycles. The van der Waals surface area contributed by atoms with Crippen LogP contribution in [0, 0.1) is 6.92 Å². The molecule has 0 radical (unpaired) electrons. The third kappa shape index (κ3) is 4.66. The molecule has 0 aliphatic heterocycles. The lowest BCUT2D eigenvalue weighted by molar-refractivity contribution is 0.307. The summed E-state index contributed by atoms with van der Waals surface area (Å²) in [5.41, 5.74) is 2.59. The highest BCUT2D eigenvalue weighted by Gasteiger charge is 2.03. The number of rotatable bonds is 6. The Hall–Kier alpha value is -1.32. The second-order valence-electron chi connectivity index (χ2n) is 4.89. The molecule has 0 aliphatic carbocycles. The van der Waals surface area contributed by atoms with E-state index in [4.69, 9.17) is 4.74 Å². The van der Waals surface area contributed by atoms with Gasteiger partial charge in [0.1, 0.15) is 12.4 Å². The molecule has 0 saturated carbocycles. The lowest BCUT2D eigenvalue weighted by Crippen LogP contribution is -2.24. The van der Waals surface area contributed by atoms with Gasteiger partial charge >= 0.3 is 0 Å². The van der Waals surface area contributed by atoms with E-state index in [0.717, 1.165) is 16.8 Å². The normalized spacial score (nSPS) is 12.2. The first-order valence-electron chi connectivity index (χ1n) is 6.83. The van der Waals surface area contributed by atoms with Crippen LogP contribution in [0.2, 0.25) is 0 Å². The van der Waals surface area contributed by atoms with E-state index in [1.165, 1.54) is 11.1 Å². The highest BCUT2D eigenvalue weighted by Crippen LogP contribution is 2.17. The summed E-state index contributed by atoms with van der Waals surface area (Å²) in [5.74, 6) is 0.893. The minimum absolute atomic E-state index is 0.335. The van der Waals surface area contributed by atoms with Gasteiger partial charge in [0.25, 0.3) is 0 Å². The Morgan fingerprint density at radius 2 is 1.90 bits per heavy atom. The van der Waals surface area contributed by atoms with Crippen LogP contribution in [0.25, 0.3) is 0 Å². The van der Waals surface area contributed by atoms with Gasteiger partial charge in [-0.25, -0.2) is 0 Å². The fourth-order valence-corrected chi connectivity index (χ4v) is 2.35. The SMILES string of the molecule is Cc1ccc(C(C)NCCOc2cccc(Br)c2)cc1. The zero-order chi connectivity index (χ0) is 14.4. The van der Waals surface area contributed by atoms with Crippen molar-refractivity contribution in [2.75, 3.05) is 13.2 Å². The van der Waals surface area contributed by atoms with Crippen molar-refractivity contribution >= 4 is 15.9 Å². The summed E-state index contributed by atoms with van der Waals surface area (Å²) in [7, 11) is 0. The maximum atomic E-state index is 5.70. The van der Waals surface area contributed by atoms with E-state index < -0.39 is 0 Å². The first-order valence-corrected chi connectivity index (χ1v) is 7.63. The number of ether oxygens (including phenoxy) is 1. The zero-order valence-electron chi connectivity index (χ0n) is 11.9. The quantitative estimate of drug-likeness (QED) is 0.786.